The normalized spacial score (nSPS) is 23.6. The largest absolute Gasteiger partial charge is 0.573 e. The van der Waals surface area contributed by atoms with Gasteiger partial charge in [0.05, 0.1) is 0 Å². The lowest BCUT2D eigenvalue weighted by atomic mass is 9.79. The molecule has 2 nitrogen and oxygen atoms in total. The number of hydrogen-bond donors (Lipinski definition) is 0. The number of hydrogen-bond acceptors (Lipinski definition) is 2. The Kier molecular flexibility index (Phi) is 4.91. The van der Waals surface area contributed by atoms with Crippen molar-refractivity contribution in [2.75, 3.05) is 13.7 Å². The van der Waals surface area contributed by atoms with Crippen LogP contribution in [0.15, 0.2) is 24.3 Å². The molecule has 1 aliphatic carbocycles. The van der Waals surface area contributed by atoms with Gasteiger partial charge < -0.3 is 9.47 Å². The first-order valence-corrected chi connectivity index (χ1v) is 6.82. The molecule has 5 heteroatoms. The Morgan fingerprint density at radius 3 is 2.15 bits per heavy atom. The minimum atomic E-state index is -4.63. The average molecular weight is 288 g/mol. The van der Waals surface area contributed by atoms with Crippen molar-refractivity contribution in [1.82, 2.24) is 0 Å². The fourth-order valence-corrected chi connectivity index (χ4v) is 2.84. The minimum Gasteiger partial charge on any atom is -0.406 e. The summed E-state index contributed by atoms with van der Waals surface area (Å²) in [5.74, 6) is 0.890. The van der Waals surface area contributed by atoms with Crippen molar-refractivity contribution in [3.05, 3.63) is 29.8 Å². The van der Waals surface area contributed by atoms with Crippen LogP contribution in [0.25, 0.3) is 0 Å². The molecule has 20 heavy (non-hydrogen) atoms. The zero-order valence-corrected chi connectivity index (χ0v) is 11.5. The molecule has 0 saturated heterocycles. The van der Waals surface area contributed by atoms with Gasteiger partial charge in [-0.1, -0.05) is 12.1 Å². The second-order valence-corrected chi connectivity index (χ2v) is 5.29. The van der Waals surface area contributed by atoms with Crippen LogP contribution in [0.2, 0.25) is 0 Å². The molecule has 0 heterocycles. The van der Waals surface area contributed by atoms with Gasteiger partial charge in [0.15, 0.2) is 0 Å². The van der Waals surface area contributed by atoms with E-state index in [-0.39, 0.29) is 5.75 Å². The predicted molar refractivity (Wildman–Crippen MR) is 69.7 cm³/mol. The topological polar surface area (TPSA) is 18.5 Å². The van der Waals surface area contributed by atoms with Crippen LogP contribution in [-0.2, 0) is 4.74 Å². The molecule has 0 aliphatic heterocycles. The van der Waals surface area contributed by atoms with Crippen molar-refractivity contribution in [3.8, 4) is 5.75 Å². The molecule has 0 N–H and O–H groups in total. The summed E-state index contributed by atoms with van der Waals surface area (Å²) in [7, 11) is 1.71. The zero-order valence-electron chi connectivity index (χ0n) is 11.5. The van der Waals surface area contributed by atoms with E-state index in [9.17, 15) is 13.2 Å². The Morgan fingerprint density at radius 1 is 1.05 bits per heavy atom. The van der Waals surface area contributed by atoms with Gasteiger partial charge >= 0.3 is 6.36 Å². The van der Waals surface area contributed by atoms with E-state index in [4.69, 9.17) is 4.74 Å². The molecule has 0 spiro atoms. The molecule has 1 aliphatic rings. The van der Waals surface area contributed by atoms with Gasteiger partial charge in [-0.2, -0.15) is 0 Å². The van der Waals surface area contributed by atoms with Gasteiger partial charge in [0, 0.05) is 13.7 Å². The lowest BCUT2D eigenvalue weighted by molar-refractivity contribution is -0.274. The second-order valence-electron chi connectivity index (χ2n) is 5.29. The average Bonchev–Trinajstić information content (AvgIpc) is 2.39. The van der Waals surface area contributed by atoms with Gasteiger partial charge in [-0.25, -0.2) is 0 Å². The fraction of sp³-hybridized carbons (Fsp3) is 0.600. The summed E-state index contributed by atoms with van der Waals surface area (Å²) < 4.78 is 45.3. The standard InChI is InChI=1S/C15H19F3O2/c1-19-10-11-2-4-12(5-3-11)13-6-8-14(9-7-13)20-15(16,17)18/h6-9,11-12H,2-5,10H2,1H3. The molecule has 0 bridgehead atoms. The summed E-state index contributed by atoms with van der Waals surface area (Å²) in [5, 5.41) is 0. The SMILES string of the molecule is COCC1CCC(c2ccc(OC(F)(F)F)cc2)CC1. The van der Waals surface area contributed by atoms with E-state index in [2.05, 4.69) is 4.74 Å². The maximum absolute atomic E-state index is 12.1. The highest BCUT2D eigenvalue weighted by molar-refractivity contribution is 5.29. The Hall–Kier alpha value is -1.23. The van der Waals surface area contributed by atoms with Crippen LogP contribution in [0.5, 0.6) is 5.75 Å². The highest BCUT2D eigenvalue weighted by Crippen LogP contribution is 2.36. The summed E-state index contributed by atoms with van der Waals surface area (Å²) in [6.45, 7) is 0.797. The number of halogens is 3. The third-order valence-electron chi connectivity index (χ3n) is 3.83. The first-order chi connectivity index (χ1) is 9.48. The highest BCUT2D eigenvalue weighted by Gasteiger charge is 2.31. The lowest BCUT2D eigenvalue weighted by Gasteiger charge is -2.28. The Balaban J connectivity index is 1.91. The van der Waals surface area contributed by atoms with Crippen molar-refractivity contribution in [2.45, 2.75) is 38.0 Å². The van der Waals surface area contributed by atoms with Gasteiger partial charge in [-0.15, -0.1) is 13.2 Å². The molecule has 2 rings (SSSR count). The summed E-state index contributed by atoms with van der Waals surface area (Å²) in [6.07, 6.45) is -0.278. The van der Waals surface area contributed by atoms with Crippen LogP contribution in [0.3, 0.4) is 0 Å². The van der Waals surface area contributed by atoms with Crippen LogP contribution in [0, 0.1) is 5.92 Å². The predicted octanol–water partition coefficient (Wildman–Crippen LogP) is 4.51. The van der Waals surface area contributed by atoms with Crippen LogP contribution >= 0.6 is 0 Å². The maximum Gasteiger partial charge on any atom is 0.573 e. The van der Waals surface area contributed by atoms with E-state index >= 15 is 0 Å². The van der Waals surface area contributed by atoms with Gasteiger partial charge in [-0.3, -0.25) is 0 Å². The van der Waals surface area contributed by atoms with Gasteiger partial charge in [0.1, 0.15) is 5.75 Å². The van der Waals surface area contributed by atoms with Crippen LogP contribution in [0.4, 0.5) is 13.2 Å². The molecule has 0 radical (unpaired) electrons. The van der Waals surface area contributed by atoms with E-state index in [0.29, 0.717) is 11.8 Å². The molecule has 0 unspecified atom stereocenters. The molecule has 112 valence electrons. The fourth-order valence-electron chi connectivity index (χ4n) is 2.84. The molecular weight excluding hydrogens is 269 g/mol. The Labute approximate surface area is 116 Å². The van der Waals surface area contributed by atoms with Crippen molar-refractivity contribution < 1.29 is 22.6 Å². The lowest BCUT2D eigenvalue weighted by Crippen LogP contribution is -2.18. The summed E-state index contributed by atoms with van der Waals surface area (Å²) in [5.41, 5.74) is 1.09. The number of ether oxygens (including phenoxy) is 2. The van der Waals surface area contributed by atoms with Crippen molar-refractivity contribution in [2.24, 2.45) is 5.92 Å². The quantitative estimate of drug-likeness (QED) is 0.811. The summed E-state index contributed by atoms with van der Waals surface area (Å²) >= 11 is 0. The number of alkyl halides is 3. The van der Waals surface area contributed by atoms with E-state index < -0.39 is 6.36 Å². The molecule has 0 amide bonds. The number of rotatable bonds is 4. The van der Waals surface area contributed by atoms with E-state index in [0.717, 1.165) is 37.9 Å². The molecule has 1 aromatic rings. The molecule has 0 atom stereocenters. The second kappa shape index (κ2) is 6.48. The highest BCUT2D eigenvalue weighted by atomic mass is 19.4. The first-order valence-electron chi connectivity index (χ1n) is 6.82. The number of benzene rings is 1. The van der Waals surface area contributed by atoms with E-state index in [1.807, 2.05) is 0 Å². The molecule has 0 aromatic heterocycles. The van der Waals surface area contributed by atoms with Gasteiger partial charge in [-0.05, 0) is 55.2 Å². The maximum atomic E-state index is 12.1. The number of methoxy groups -OCH3 is 1. The van der Waals surface area contributed by atoms with Crippen LogP contribution < -0.4 is 4.74 Å². The zero-order chi connectivity index (χ0) is 14.6. The Morgan fingerprint density at radius 2 is 1.65 bits per heavy atom. The van der Waals surface area contributed by atoms with E-state index in [1.165, 1.54) is 12.1 Å². The summed E-state index contributed by atoms with van der Waals surface area (Å²) in [6, 6.07) is 6.26. The third kappa shape index (κ3) is 4.40. The first kappa shape index (κ1) is 15.2. The monoisotopic (exact) mass is 288 g/mol. The molecule has 1 aromatic carbocycles. The van der Waals surface area contributed by atoms with Crippen molar-refractivity contribution in [3.63, 3.8) is 0 Å². The Bertz CT molecular complexity index is 406. The van der Waals surface area contributed by atoms with Crippen LogP contribution in [-0.4, -0.2) is 20.1 Å². The van der Waals surface area contributed by atoms with Crippen molar-refractivity contribution in [1.29, 1.82) is 0 Å². The minimum absolute atomic E-state index is 0.158. The van der Waals surface area contributed by atoms with Gasteiger partial charge in [0.2, 0.25) is 0 Å². The molecule has 1 fully saturated rings. The smallest absolute Gasteiger partial charge is 0.406 e. The van der Waals surface area contributed by atoms with Crippen molar-refractivity contribution >= 4 is 0 Å². The van der Waals surface area contributed by atoms with Gasteiger partial charge in [0.25, 0.3) is 0 Å². The molecular formula is C15H19F3O2. The molecule has 1 saturated carbocycles. The third-order valence-corrected chi connectivity index (χ3v) is 3.83. The van der Waals surface area contributed by atoms with Crippen LogP contribution in [0.1, 0.15) is 37.2 Å². The van der Waals surface area contributed by atoms with E-state index in [1.54, 1.807) is 19.2 Å². The summed E-state index contributed by atoms with van der Waals surface area (Å²) in [4.78, 5) is 0.